The van der Waals surface area contributed by atoms with Crippen LogP contribution >= 0.6 is 0 Å². The van der Waals surface area contributed by atoms with Crippen molar-refractivity contribution < 1.29 is 8.78 Å². The Hall–Kier alpha value is -1.22. The Morgan fingerprint density at radius 3 is 2.31 bits per heavy atom. The van der Waals surface area contributed by atoms with E-state index in [1.165, 1.54) is 12.1 Å². The lowest BCUT2D eigenvalue weighted by atomic mass is 10.2. The van der Waals surface area contributed by atoms with Gasteiger partial charge in [0.2, 0.25) is 0 Å². The van der Waals surface area contributed by atoms with E-state index < -0.39 is 11.6 Å². The zero-order chi connectivity index (χ0) is 9.68. The van der Waals surface area contributed by atoms with E-state index in [-0.39, 0.29) is 0 Å². The summed E-state index contributed by atoms with van der Waals surface area (Å²) in [5.41, 5.74) is 5.77. The van der Waals surface area contributed by atoms with Crippen LogP contribution in [0.25, 0.3) is 6.08 Å². The molecule has 0 radical (unpaired) electrons. The van der Waals surface area contributed by atoms with Crippen LogP contribution in [-0.4, -0.2) is 6.54 Å². The number of benzene rings is 1. The average molecular weight is 183 g/mol. The quantitative estimate of drug-likeness (QED) is 0.764. The molecule has 1 nitrogen and oxygen atoms in total. The fraction of sp³-hybridized carbons (Fsp3) is 0.200. The average Bonchev–Trinajstić information content (AvgIpc) is 2.03. The third-order valence-corrected chi connectivity index (χ3v) is 1.53. The maximum atomic E-state index is 12.6. The highest BCUT2D eigenvalue weighted by molar-refractivity contribution is 5.49. The second-order valence-corrected chi connectivity index (χ2v) is 2.68. The van der Waals surface area contributed by atoms with Gasteiger partial charge in [-0.25, -0.2) is 8.78 Å². The fourth-order valence-corrected chi connectivity index (χ4v) is 0.987. The molecule has 0 aliphatic heterocycles. The molecule has 0 aromatic heterocycles. The zero-order valence-electron chi connectivity index (χ0n) is 7.13. The van der Waals surface area contributed by atoms with Gasteiger partial charge in [-0.2, -0.15) is 0 Å². The standard InChI is InChI=1S/C10H11F2N/c11-9-5-8(3-1-2-4-13)6-10(12)7-9/h1,3,5-7H,2,4,13H2. The monoisotopic (exact) mass is 183 g/mol. The van der Waals surface area contributed by atoms with Crippen molar-refractivity contribution >= 4 is 6.08 Å². The van der Waals surface area contributed by atoms with Crippen molar-refractivity contribution in [1.29, 1.82) is 0 Å². The van der Waals surface area contributed by atoms with Crippen LogP contribution in [0.1, 0.15) is 12.0 Å². The topological polar surface area (TPSA) is 26.0 Å². The van der Waals surface area contributed by atoms with E-state index in [1.54, 1.807) is 12.2 Å². The van der Waals surface area contributed by atoms with E-state index in [4.69, 9.17) is 5.73 Å². The van der Waals surface area contributed by atoms with Gasteiger partial charge in [-0.1, -0.05) is 12.2 Å². The summed E-state index contributed by atoms with van der Waals surface area (Å²) in [6, 6.07) is 3.40. The Morgan fingerprint density at radius 1 is 1.15 bits per heavy atom. The van der Waals surface area contributed by atoms with Gasteiger partial charge in [-0.3, -0.25) is 0 Å². The number of hydrogen-bond acceptors (Lipinski definition) is 1. The van der Waals surface area contributed by atoms with Crippen LogP contribution in [0.3, 0.4) is 0 Å². The first kappa shape index (κ1) is 9.86. The molecule has 0 aliphatic carbocycles. The van der Waals surface area contributed by atoms with E-state index in [2.05, 4.69) is 0 Å². The van der Waals surface area contributed by atoms with Crippen LogP contribution in [0, 0.1) is 11.6 Å². The molecule has 1 aromatic rings. The molecule has 0 amide bonds. The summed E-state index contributed by atoms with van der Waals surface area (Å²) < 4.78 is 25.3. The normalized spacial score (nSPS) is 11.0. The van der Waals surface area contributed by atoms with Crippen LogP contribution in [0.2, 0.25) is 0 Å². The van der Waals surface area contributed by atoms with E-state index in [0.29, 0.717) is 18.5 Å². The molecule has 0 saturated heterocycles. The predicted molar refractivity (Wildman–Crippen MR) is 49.1 cm³/mol. The van der Waals surface area contributed by atoms with E-state index >= 15 is 0 Å². The molecule has 0 spiro atoms. The van der Waals surface area contributed by atoms with Crippen LogP contribution in [0.15, 0.2) is 24.3 Å². The van der Waals surface area contributed by atoms with Crippen molar-refractivity contribution in [2.45, 2.75) is 6.42 Å². The van der Waals surface area contributed by atoms with Gasteiger partial charge in [-0.15, -0.1) is 0 Å². The molecule has 1 aromatic carbocycles. The molecule has 0 heterocycles. The second kappa shape index (κ2) is 4.72. The first-order chi connectivity index (χ1) is 6.22. The number of hydrogen-bond donors (Lipinski definition) is 1. The lowest BCUT2D eigenvalue weighted by molar-refractivity contribution is 0.583. The largest absolute Gasteiger partial charge is 0.330 e. The molecule has 70 valence electrons. The summed E-state index contributed by atoms with van der Waals surface area (Å²) in [5.74, 6) is -1.13. The molecule has 0 fully saturated rings. The van der Waals surface area contributed by atoms with Crippen molar-refractivity contribution in [3.63, 3.8) is 0 Å². The van der Waals surface area contributed by atoms with Crippen LogP contribution in [0.5, 0.6) is 0 Å². The third kappa shape index (κ3) is 3.34. The molecule has 0 aliphatic rings. The Bertz CT molecular complexity index is 288. The second-order valence-electron chi connectivity index (χ2n) is 2.68. The fourth-order valence-electron chi connectivity index (χ4n) is 0.987. The Kier molecular flexibility index (Phi) is 3.58. The molecular formula is C10H11F2N. The first-order valence-electron chi connectivity index (χ1n) is 4.05. The van der Waals surface area contributed by atoms with E-state index in [9.17, 15) is 8.78 Å². The Balaban J connectivity index is 2.77. The van der Waals surface area contributed by atoms with Gasteiger partial charge in [0.25, 0.3) is 0 Å². The molecule has 13 heavy (non-hydrogen) atoms. The van der Waals surface area contributed by atoms with Crippen molar-refractivity contribution in [3.8, 4) is 0 Å². The molecule has 0 bridgehead atoms. The summed E-state index contributed by atoms with van der Waals surface area (Å²) in [6.07, 6.45) is 4.14. The van der Waals surface area contributed by atoms with Crippen molar-refractivity contribution in [1.82, 2.24) is 0 Å². The van der Waals surface area contributed by atoms with Crippen molar-refractivity contribution in [3.05, 3.63) is 41.5 Å². The van der Waals surface area contributed by atoms with Gasteiger partial charge in [0.15, 0.2) is 0 Å². The molecule has 2 N–H and O–H groups in total. The lowest BCUT2D eigenvalue weighted by Crippen LogP contribution is -1.95. The van der Waals surface area contributed by atoms with Gasteiger partial charge in [0, 0.05) is 6.07 Å². The summed E-state index contributed by atoms with van der Waals surface area (Å²) in [4.78, 5) is 0. The molecular weight excluding hydrogens is 172 g/mol. The Labute approximate surface area is 75.9 Å². The van der Waals surface area contributed by atoms with Gasteiger partial charge in [0.05, 0.1) is 0 Å². The highest BCUT2D eigenvalue weighted by Crippen LogP contribution is 2.09. The smallest absolute Gasteiger partial charge is 0.126 e. The minimum Gasteiger partial charge on any atom is -0.330 e. The van der Waals surface area contributed by atoms with Crippen LogP contribution in [0.4, 0.5) is 8.78 Å². The van der Waals surface area contributed by atoms with Gasteiger partial charge < -0.3 is 5.73 Å². The van der Waals surface area contributed by atoms with Gasteiger partial charge >= 0.3 is 0 Å². The number of rotatable bonds is 3. The van der Waals surface area contributed by atoms with Gasteiger partial charge in [0.1, 0.15) is 11.6 Å². The third-order valence-electron chi connectivity index (χ3n) is 1.53. The SMILES string of the molecule is NCCC=Cc1cc(F)cc(F)c1. The summed E-state index contributed by atoms with van der Waals surface area (Å²) in [5, 5.41) is 0. The number of nitrogens with two attached hydrogens (primary N) is 1. The molecule has 0 atom stereocenters. The molecule has 0 unspecified atom stereocenters. The molecule has 0 saturated carbocycles. The van der Waals surface area contributed by atoms with Gasteiger partial charge in [-0.05, 0) is 30.7 Å². The van der Waals surface area contributed by atoms with Crippen molar-refractivity contribution in [2.75, 3.05) is 6.54 Å². The van der Waals surface area contributed by atoms with Crippen LogP contribution in [-0.2, 0) is 0 Å². The molecule has 3 heteroatoms. The predicted octanol–water partition coefficient (Wildman–Crippen LogP) is 2.33. The minimum atomic E-state index is -0.563. The first-order valence-corrected chi connectivity index (χ1v) is 4.05. The highest BCUT2D eigenvalue weighted by Gasteiger charge is 1.96. The lowest BCUT2D eigenvalue weighted by Gasteiger charge is -1.94. The maximum absolute atomic E-state index is 12.6. The number of halogens is 2. The van der Waals surface area contributed by atoms with E-state index in [1.807, 2.05) is 0 Å². The summed E-state index contributed by atoms with van der Waals surface area (Å²) >= 11 is 0. The summed E-state index contributed by atoms with van der Waals surface area (Å²) in [7, 11) is 0. The maximum Gasteiger partial charge on any atom is 0.126 e. The van der Waals surface area contributed by atoms with Crippen molar-refractivity contribution in [2.24, 2.45) is 5.73 Å². The zero-order valence-corrected chi connectivity index (χ0v) is 7.13. The molecule has 1 rings (SSSR count). The Morgan fingerprint density at radius 2 is 1.77 bits per heavy atom. The minimum absolute atomic E-state index is 0.519. The summed E-state index contributed by atoms with van der Waals surface area (Å²) in [6.45, 7) is 0.536. The van der Waals surface area contributed by atoms with Crippen LogP contribution < -0.4 is 5.73 Å². The highest BCUT2D eigenvalue weighted by atomic mass is 19.1. The van der Waals surface area contributed by atoms with E-state index in [0.717, 1.165) is 6.07 Å².